The first-order valence-electron chi connectivity index (χ1n) is 12.4. The van der Waals surface area contributed by atoms with Crippen molar-refractivity contribution in [3.05, 3.63) is 57.9 Å². The van der Waals surface area contributed by atoms with Gasteiger partial charge >= 0.3 is 6.18 Å². The lowest BCUT2D eigenvalue weighted by Gasteiger charge is -2.38. The van der Waals surface area contributed by atoms with Gasteiger partial charge in [-0.15, -0.1) is 0 Å². The highest BCUT2D eigenvalue weighted by molar-refractivity contribution is 6.30. The Labute approximate surface area is 222 Å². The van der Waals surface area contributed by atoms with E-state index in [0.29, 0.717) is 65.8 Å². The molecule has 3 aromatic rings. The number of halogens is 4. The van der Waals surface area contributed by atoms with E-state index in [0.717, 1.165) is 12.0 Å². The number of fused-ring (bicyclic) bond motifs is 2. The van der Waals surface area contributed by atoms with E-state index in [-0.39, 0.29) is 5.69 Å². The number of nitrogens with zero attached hydrogens (tertiary/aromatic N) is 2. The summed E-state index contributed by atoms with van der Waals surface area (Å²) < 4.78 is 54.8. The Hall–Kier alpha value is -2.82. The number of benzene rings is 1. The molecule has 2 unspecified atom stereocenters. The molecule has 1 saturated heterocycles. The number of hydrogen-bond acceptors (Lipinski definition) is 5. The minimum atomic E-state index is -4.91. The molecule has 1 amide bonds. The molecule has 0 spiro atoms. The van der Waals surface area contributed by atoms with Crippen molar-refractivity contribution in [1.82, 2.24) is 14.9 Å². The van der Waals surface area contributed by atoms with Crippen molar-refractivity contribution in [2.45, 2.75) is 56.4 Å². The molecular weight excluding hydrogens is 523 g/mol. The van der Waals surface area contributed by atoms with E-state index in [1.807, 2.05) is 0 Å². The third kappa shape index (κ3) is 5.09. The lowest BCUT2D eigenvalue weighted by molar-refractivity contribution is -0.266. The lowest BCUT2D eigenvalue weighted by atomic mass is 9.73. The van der Waals surface area contributed by atoms with Crippen molar-refractivity contribution >= 4 is 29.0 Å². The number of aliphatic hydroxyl groups is 1. The minimum Gasteiger partial charge on any atom is -0.493 e. The first-order valence-corrected chi connectivity index (χ1v) is 12.8. The summed E-state index contributed by atoms with van der Waals surface area (Å²) in [5.41, 5.74) is -0.976. The summed E-state index contributed by atoms with van der Waals surface area (Å²) >= 11 is 6.27. The third-order valence-electron chi connectivity index (χ3n) is 7.35. The summed E-state index contributed by atoms with van der Waals surface area (Å²) in [4.78, 5) is 20.3. The van der Waals surface area contributed by atoms with Gasteiger partial charge in [-0.3, -0.25) is 4.79 Å². The highest BCUT2D eigenvalue weighted by atomic mass is 35.5. The van der Waals surface area contributed by atoms with Crippen molar-refractivity contribution in [2.24, 2.45) is 0 Å². The molecule has 0 bridgehead atoms. The molecule has 0 aliphatic carbocycles. The monoisotopic (exact) mass is 551 g/mol. The number of amides is 1. The Morgan fingerprint density at radius 1 is 1.24 bits per heavy atom. The first kappa shape index (κ1) is 26.8. The molecule has 2 atom stereocenters. The largest absolute Gasteiger partial charge is 0.493 e. The second-order valence-corrected chi connectivity index (χ2v) is 11.2. The number of nitrogens with one attached hydrogen (secondary N) is 1. The summed E-state index contributed by atoms with van der Waals surface area (Å²) in [7, 11) is 0. The summed E-state index contributed by atoms with van der Waals surface area (Å²) in [6, 6.07) is 8.34. The van der Waals surface area contributed by atoms with E-state index in [1.165, 1.54) is 6.07 Å². The van der Waals surface area contributed by atoms with Crippen molar-refractivity contribution in [3.63, 3.8) is 0 Å². The Kier molecular flexibility index (Phi) is 6.86. The summed E-state index contributed by atoms with van der Waals surface area (Å²) in [6.07, 6.45) is -5.24. The van der Waals surface area contributed by atoms with Gasteiger partial charge in [-0.05, 0) is 47.7 Å². The predicted octanol–water partition coefficient (Wildman–Crippen LogP) is 4.88. The number of morpholine rings is 1. The van der Waals surface area contributed by atoms with Gasteiger partial charge in [-0.25, -0.2) is 4.98 Å². The Morgan fingerprint density at radius 3 is 2.76 bits per heavy atom. The molecule has 204 valence electrons. The SMILES string of the molecule is CC(C)(CC(O)(Cc1cc2nc(C3CN(C=O)CCO3)ccc2[nH]1)C(F)(F)F)c1cc(Cl)cc2c1OCC2. The van der Waals surface area contributed by atoms with Gasteiger partial charge in [0, 0.05) is 35.7 Å². The van der Waals surface area contributed by atoms with Gasteiger partial charge in [0.1, 0.15) is 11.9 Å². The van der Waals surface area contributed by atoms with Crippen LogP contribution in [-0.2, 0) is 27.8 Å². The van der Waals surface area contributed by atoms with Crippen LogP contribution in [0.25, 0.3) is 11.0 Å². The number of alkyl halides is 3. The average molecular weight is 552 g/mol. The molecule has 1 fully saturated rings. The van der Waals surface area contributed by atoms with Crippen molar-refractivity contribution in [1.29, 1.82) is 0 Å². The zero-order valence-electron chi connectivity index (χ0n) is 21.1. The fourth-order valence-electron chi connectivity index (χ4n) is 5.48. The van der Waals surface area contributed by atoms with Crippen LogP contribution in [0.5, 0.6) is 5.75 Å². The van der Waals surface area contributed by atoms with E-state index < -0.39 is 36.1 Å². The minimum absolute atomic E-state index is 0.201. The summed E-state index contributed by atoms with van der Waals surface area (Å²) in [5, 5.41) is 11.6. The van der Waals surface area contributed by atoms with E-state index in [1.54, 1.807) is 43.0 Å². The lowest BCUT2D eigenvalue weighted by Crippen LogP contribution is -2.51. The van der Waals surface area contributed by atoms with Gasteiger partial charge in [-0.2, -0.15) is 13.2 Å². The van der Waals surface area contributed by atoms with Gasteiger partial charge in [0.25, 0.3) is 0 Å². The quantitative estimate of drug-likeness (QED) is 0.409. The number of ether oxygens (including phenoxy) is 2. The maximum absolute atomic E-state index is 14.4. The smallest absolute Gasteiger partial charge is 0.417 e. The van der Waals surface area contributed by atoms with E-state index in [2.05, 4.69) is 9.97 Å². The zero-order chi connectivity index (χ0) is 27.3. The second kappa shape index (κ2) is 9.73. The molecule has 0 radical (unpaired) electrons. The van der Waals surface area contributed by atoms with Crippen LogP contribution < -0.4 is 4.74 Å². The van der Waals surface area contributed by atoms with Crippen LogP contribution in [-0.4, -0.2) is 64.5 Å². The van der Waals surface area contributed by atoms with Crippen molar-refractivity contribution in [3.8, 4) is 5.75 Å². The van der Waals surface area contributed by atoms with E-state index in [4.69, 9.17) is 21.1 Å². The highest BCUT2D eigenvalue weighted by Gasteiger charge is 2.56. The van der Waals surface area contributed by atoms with Gasteiger partial charge in [-0.1, -0.05) is 25.4 Å². The first-order chi connectivity index (χ1) is 17.9. The van der Waals surface area contributed by atoms with Gasteiger partial charge < -0.3 is 24.5 Å². The van der Waals surface area contributed by atoms with Gasteiger partial charge in [0.05, 0.1) is 36.5 Å². The Morgan fingerprint density at radius 2 is 2.03 bits per heavy atom. The van der Waals surface area contributed by atoms with Crippen LogP contribution in [0.4, 0.5) is 13.2 Å². The maximum Gasteiger partial charge on any atom is 0.417 e. The van der Waals surface area contributed by atoms with Crippen molar-refractivity contribution < 1.29 is 32.5 Å². The van der Waals surface area contributed by atoms with Gasteiger partial charge in [0.2, 0.25) is 6.41 Å². The summed E-state index contributed by atoms with van der Waals surface area (Å²) in [6.45, 7) is 4.96. The van der Waals surface area contributed by atoms with Crippen LogP contribution in [0.1, 0.15) is 48.9 Å². The number of hydrogen-bond donors (Lipinski definition) is 2. The summed E-state index contributed by atoms with van der Waals surface area (Å²) in [5.74, 6) is 0.546. The zero-order valence-corrected chi connectivity index (χ0v) is 21.8. The van der Waals surface area contributed by atoms with Crippen LogP contribution in [0.3, 0.4) is 0 Å². The topological polar surface area (TPSA) is 87.7 Å². The normalized spacial score (nSPS) is 19.8. The highest BCUT2D eigenvalue weighted by Crippen LogP contribution is 2.47. The number of carbonyl (C=O) groups excluding carboxylic acids is 1. The van der Waals surface area contributed by atoms with Crippen LogP contribution >= 0.6 is 11.6 Å². The van der Waals surface area contributed by atoms with Gasteiger partial charge in [0.15, 0.2) is 5.60 Å². The molecule has 0 saturated carbocycles. The molecule has 1 aromatic carbocycles. The Bertz CT molecular complexity index is 1360. The number of H-pyrrole nitrogens is 1. The fraction of sp³-hybridized carbons (Fsp3) is 0.481. The number of aromatic amines is 1. The molecule has 5 rings (SSSR count). The van der Waals surface area contributed by atoms with Crippen molar-refractivity contribution in [2.75, 3.05) is 26.3 Å². The van der Waals surface area contributed by atoms with E-state index >= 15 is 0 Å². The molecule has 11 heteroatoms. The second-order valence-electron chi connectivity index (χ2n) is 10.7. The number of rotatable bonds is 7. The average Bonchev–Trinajstić information content (AvgIpc) is 3.48. The predicted molar refractivity (Wildman–Crippen MR) is 135 cm³/mol. The molecule has 2 aromatic heterocycles. The number of carbonyl (C=O) groups is 1. The van der Waals surface area contributed by atoms with Crippen LogP contribution in [0.2, 0.25) is 5.02 Å². The standard InChI is InChI=1S/C27H29ClF3N3O4/c1-25(2,19-10-17(28)9-16-5-7-38-24(16)19)14-26(36,27(29,30)31)12-18-11-22-20(32-18)3-4-21(33-22)23-13-34(15-35)6-8-37-23/h3-4,9-11,15,23,32,36H,5-8,12-14H2,1-2H3. The fourth-order valence-corrected chi connectivity index (χ4v) is 5.72. The molecule has 38 heavy (non-hydrogen) atoms. The third-order valence-corrected chi connectivity index (χ3v) is 7.57. The molecule has 4 heterocycles. The number of pyridine rings is 1. The molecule has 2 aliphatic heterocycles. The van der Waals surface area contributed by atoms with Crippen LogP contribution in [0.15, 0.2) is 30.3 Å². The molecular formula is C27H29ClF3N3O4. The molecule has 7 nitrogen and oxygen atoms in total. The van der Waals surface area contributed by atoms with Crippen LogP contribution in [0, 0.1) is 0 Å². The number of aromatic nitrogens is 2. The Balaban J connectivity index is 1.43. The maximum atomic E-state index is 14.4. The van der Waals surface area contributed by atoms with E-state index in [9.17, 15) is 23.1 Å². The molecule has 2 aliphatic rings. The molecule has 2 N–H and O–H groups in total.